The molecule has 56 valence electrons. The molecule has 2 unspecified atom stereocenters. The van der Waals surface area contributed by atoms with E-state index < -0.39 is 0 Å². The van der Waals surface area contributed by atoms with Gasteiger partial charge in [0.2, 0.25) is 0 Å². The third-order valence-electron chi connectivity index (χ3n) is 1.50. The van der Waals surface area contributed by atoms with Gasteiger partial charge in [-0.15, -0.1) is 0 Å². The number of hydrogen-bond donors (Lipinski definition) is 1. The summed E-state index contributed by atoms with van der Waals surface area (Å²) in [7, 11) is 0. The molecule has 0 fully saturated rings. The van der Waals surface area contributed by atoms with Crippen LogP contribution in [0, 0.1) is 0 Å². The third-order valence-corrected chi connectivity index (χ3v) is 3.45. The Morgan fingerprint density at radius 1 is 1.80 bits per heavy atom. The van der Waals surface area contributed by atoms with Crippen molar-refractivity contribution in [2.24, 2.45) is 5.73 Å². The van der Waals surface area contributed by atoms with Crippen molar-refractivity contribution >= 4 is 34.2 Å². The normalized spacial score (nSPS) is 39.6. The zero-order valence-electron chi connectivity index (χ0n) is 5.64. The van der Waals surface area contributed by atoms with Gasteiger partial charge in [-0.05, 0) is 13.0 Å². The van der Waals surface area contributed by atoms with Crippen molar-refractivity contribution in [1.82, 2.24) is 0 Å². The molecule has 0 saturated carbocycles. The maximum absolute atomic E-state index is 5.89. The van der Waals surface area contributed by atoms with Crippen molar-refractivity contribution in [2.45, 2.75) is 16.4 Å². The Morgan fingerprint density at radius 3 is 2.80 bits per heavy atom. The Hall–Kier alpha value is 0.460. The van der Waals surface area contributed by atoms with E-state index in [4.69, 9.17) is 17.3 Å². The number of rotatable bonds is 0. The highest BCUT2D eigenvalue weighted by atomic mass is 127. The second kappa shape index (κ2) is 2.83. The van der Waals surface area contributed by atoms with Crippen molar-refractivity contribution < 1.29 is 0 Å². The van der Waals surface area contributed by atoms with Crippen LogP contribution < -0.4 is 5.73 Å². The quantitative estimate of drug-likeness (QED) is 0.529. The molecule has 0 aromatic heterocycles. The molecular formula is C7H9ClIN. The fourth-order valence-corrected chi connectivity index (χ4v) is 1.72. The van der Waals surface area contributed by atoms with Gasteiger partial charge >= 0.3 is 0 Å². The van der Waals surface area contributed by atoms with Gasteiger partial charge in [0.15, 0.2) is 0 Å². The first-order chi connectivity index (χ1) is 4.52. The average molecular weight is 270 g/mol. The molecule has 0 bridgehead atoms. The second-order valence-electron chi connectivity index (χ2n) is 2.65. The van der Waals surface area contributed by atoms with Crippen LogP contribution in [0.1, 0.15) is 6.92 Å². The minimum absolute atomic E-state index is 0.237. The Morgan fingerprint density at radius 2 is 2.40 bits per heavy atom. The summed E-state index contributed by atoms with van der Waals surface area (Å²) in [5.41, 5.74) is 5.65. The largest absolute Gasteiger partial charge is 0.321 e. The highest BCUT2D eigenvalue weighted by Gasteiger charge is 2.25. The molecule has 1 aliphatic carbocycles. The van der Waals surface area contributed by atoms with Crippen LogP contribution in [-0.4, -0.2) is 9.46 Å². The zero-order valence-corrected chi connectivity index (χ0v) is 8.56. The summed E-state index contributed by atoms with van der Waals surface area (Å²) in [5.74, 6) is 0. The summed E-state index contributed by atoms with van der Waals surface area (Å²) in [4.78, 5) is 0. The predicted molar refractivity (Wildman–Crippen MR) is 53.5 cm³/mol. The fraction of sp³-hybridized carbons (Fsp3) is 0.429. The Bertz CT molecular complexity index is 196. The number of hydrogen-bond acceptors (Lipinski definition) is 1. The van der Waals surface area contributed by atoms with Gasteiger partial charge in [-0.1, -0.05) is 46.3 Å². The van der Waals surface area contributed by atoms with E-state index in [1.807, 2.05) is 25.2 Å². The lowest BCUT2D eigenvalue weighted by atomic mass is 9.95. The molecule has 0 radical (unpaired) electrons. The monoisotopic (exact) mass is 269 g/mol. The molecule has 1 aliphatic rings. The van der Waals surface area contributed by atoms with Crippen molar-refractivity contribution in [2.75, 3.05) is 0 Å². The lowest BCUT2D eigenvalue weighted by molar-refractivity contribution is 0.615. The van der Waals surface area contributed by atoms with Gasteiger partial charge in [-0.3, -0.25) is 0 Å². The van der Waals surface area contributed by atoms with Crippen molar-refractivity contribution in [3.8, 4) is 0 Å². The minimum atomic E-state index is -0.237. The first kappa shape index (κ1) is 8.56. The molecule has 1 rings (SSSR count). The molecule has 0 spiro atoms. The van der Waals surface area contributed by atoms with Gasteiger partial charge in [0.25, 0.3) is 0 Å². The highest BCUT2D eigenvalue weighted by molar-refractivity contribution is 14.1. The molecule has 0 aromatic rings. The second-order valence-corrected chi connectivity index (χ2v) is 4.43. The molecule has 0 amide bonds. The summed E-state index contributed by atoms with van der Waals surface area (Å²) < 4.78 is 0.294. The highest BCUT2D eigenvalue weighted by Crippen LogP contribution is 2.26. The Kier molecular flexibility index (Phi) is 2.42. The lowest BCUT2D eigenvalue weighted by Crippen LogP contribution is -2.43. The topological polar surface area (TPSA) is 26.0 Å². The van der Waals surface area contributed by atoms with Crippen LogP contribution in [0.2, 0.25) is 0 Å². The maximum atomic E-state index is 5.89. The molecule has 0 saturated heterocycles. The SMILES string of the molecule is CC1(N)C=CC(Cl)=CC1I. The lowest BCUT2D eigenvalue weighted by Gasteiger charge is -2.27. The summed E-state index contributed by atoms with van der Waals surface area (Å²) >= 11 is 8.03. The van der Waals surface area contributed by atoms with Crippen molar-refractivity contribution in [3.63, 3.8) is 0 Å². The molecule has 2 atom stereocenters. The summed E-state index contributed by atoms with van der Waals surface area (Å²) in [6.45, 7) is 1.99. The summed E-state index contributed by atoms with van der Waals surface area (Å²) in [6, 6.07) is 0. The van der Waals surface area contributed by atoms with E-state index in [0.29, 0.717) is 3.92 Å². The van der Waals surface area contributed by atoms with Crippen LogP contribution in [-0.2, 0) is 0 Å². The summed E-state index contributed by atoms with van der Waals surface area (Å²) in [5, 5.41) is 0.780. The molecule has 3 heteroatoms. The standard InChI is InChI=1S/C7H9ClIN/c1-7(10)3-2-5(8)4-6(7)9/h2-4,6H,10H2,1H3. The number of nitrogens with two attached hydrogens (primary N) is 1. The maximum Gasteiger partial charge on any atom is 0.0520 e. The van der Waals surface area contributed by atoms with E-state index in [0.717, 1.165) is 5.03 Å². The molecule has 0 heterocycles. The van der Waals surface area contributed by atoms with Crippen LogP contribution >= 0.6 is 34.2 Å². The number of allylic oxidation sites excluding steroid dienone is 2. The molecule has 10 heavy (non-hydrogen) atoms. The van der Waals surface area contributed by atoms with Crippen LogP contribution in [0.5, 0.6) is 0 Å². The van der Waals surface area contributed by atoms with Gasteiger partial charge in [0.1, 0.15) is 0 Å². The zero-order chi connectivity index (χ0) is 7.78. The van der Waals surface area contributed by atoms with Crippen molar-refractivity contribution in [1.29, 1.82) is 0 Å². The smallest absolute Gasteiger partial charge is 0.0520 e. The van der Waals surface area contributed by atoms with E-state index in [2.05, 4.69) is 22.6 Å². The fourth-order valence-electron chi connectivity index (χ4n) is 0.726. The van der Waals surface area contributed by atoms with E-state index in [9.17, 15) is 0 Å². The Balaban J connectivity index is 2.84. The summed E-state index contributed by atoms with van der Waals surface area (Å²) in [6.07, 6.45) is 5.74. The number of halogens is 2. The van der Waals surface area contributed by atoms with E-state index in [1.165, 1.54) is 0 Å². The van der Waals surface area contributed by atoms with Gasteiger partial charge in [0, 0.05) is 10.6 Å². The van der Waals surface area contributed by atoms with Gasteiger partial charge < -0.3 is 5.73 Å². The van der Waals surface area contributed by atoms with Crippen LogP contribution in [0.4, 0.5) is 0 Å². The van der Waals surface area contributed by atoms with E-state index >= 15 is 0 Å². The van der Waals surface area contributed by atoms with E-state index in [1.54, 1.807) is 0 Å². The van der Waals surface area contributed by atoms with Crippen LogP contribution in [0.3, 0.4) is 0 Å². The number of alkyl halides is 1. The van der Waals surface area contributed by atoms with Crippen LogP contribution in [0.25, 0.3) is 0 Å². The van der Waals surface area contributed by atoms with Gasteiger partial charge in [-0.2, -0.15) is 0 Å². The average Bonchev–Trinajstić information content (AvgIpc) is 1.81. The molecule has 0 aromatic carbocycles. The molecular weight excluding hydrogens is 260 g/mol. The first-order valence-corrected chi connectivity index (χ1v) is 4.64. The minimum Gasteiger partial charge on any atom is -0.321 e. The Labute approximate surface area is 79.4 Å². The van der Waals surface area contributed by atoms with Crippen molar-refractivity contribution in [3.05, 3.63) is 23.3 Å². The van der Waals surface area contributed by atoms with E-state index in [-0.39, 0.29) is 5.54 Å². The van der Waals surface area contributed by atoms with Gasteiger partial charge in [-0.25, -0.2) is 0 Å². The van der Waals surface area contributed by atoms with Crippen LogP contribution in [0.15, 0.2) is 23.3 Å². The predicted octanol–water partition coefficient (Wildman–Crippen LogP) is 2.20. The van der Waals surface area contributed by atoms with Gasteiger partial charge in [0.05, 0.1) is 3.92 Å². The molecule has 2 N–H and O–H groups in total. The molecule has 0 aliphatic heterocycles. The first-order valence-electron chi connectivity index (χ1n) is 3.02. The third kappa shape index (κ3) is 1.74. The molecule has 1 nitrogen and oxygen atoms in total.